The van der Waals surface area contributed by atoms with Crippen molar-refractivity contribution >= 4 is 39.5 Å². The van der Waals surface area contributed by atoms with Crippen molar-refractivity contribution in [3.8, 4) is 0 Å². The first-order chi connectivity index (χ1) is 12.5. The standard InChI is InChI=1S/C20H23BrN2O2S/c1-15(20(25)22-2)23(12-16-8-10-18(21)11-9-16)19(24)14-26-13-17-6-4-3-5-7-17/h3-11,15H,12-14H2,1-2H3,(H,22,25)/t15-/m0/s1. The average molecular weight is 435 g/mol. The van der Waals surface area contributed by atoms with E-state index in [1.807, 2.05) is 54.6 Å². The molecule has 2 aromatic carbocycles. The lowest BCUT2D eigenvalue weighted by molar-refractivity contribution is -0.138. The molecule has 26 heavy (non-hydrogen) atoms. The largest absolute Gasteiger partial charge is 0.357 e. The first-order valence-corrected chi connectivity index (χ1v) is 10.3. The van der Waals surface area contributed by atoms with Crippen molar-refractivity contribution < 1.29 is 9.59 Å². The maximum absolute atomic E-state index is 12.8. The van der Waals surface area contributed by atoms with Crippen molar-refractivity contribution in [3.63, 3.8) is 0 Å². The summed E-state index contributed by atoms with van der Waals surface area (Å²) in [5.41, 5.74) is 2.18. The highest BCUT2D eigenvalue weighted by Crippen LogP contribution is 2.17. The Hall–Kier alpha value is -1.79. The summed E-state index contributed by atoms with van der Waals surface area (Å²) in [6.45, 7) is 2.17. The minimum absolute atomic E-state index is 0.0371. The molecule has 0 spiro atoms. The average Bonchev–Trinajstić information content (AvgIpc) is 2.67. The Morgan fingerprint density at radius 2 is 1.73 bits per heavy atom. The molecule has 0 aliphatic heterocycles. The monoisotopic (exact) mass is 434 g/mol. The molecule has 0 saturated carbocycles. The van der Waals surface area contributed by atoms with E-state index in [1.54, 1.807) is 30.6 Å². The van der Waals surface area contributed by atoms with Crippen LogP contribution in [-0.4, -0.2) is 35.6 Å². The molecule has 0 bridgehead atoms. The van der Waals surface area contributed by atoms with Crippen LogP contribution in [0.4, 0.5) is 0 Å². The summed E-state index contributed by atoms with van der Waals surface area (Å²) in [4.78, 5) is 26.5. The number of likely N-dealkylation sites (N-methyl/N-ethyl adjacent to an activating group) is 1. The van der Waals surface area contributed by atoms with E-state index in [2.05, 4.69) is 21.2 Å². The summed E-state index contributed by atoms with van der Waals surface area (Å²) < 4.78 is 0.983. The van der Waals surface area contributed by atoms with Crippen LogP contribution in [0.2, 0.25) is 0 Å². The van der Waals surface area contributed by atoms with Gasteiger partial charge in [0.15, 0.2) is 0 Å². The molecular formula is C20H23BrN2O2S. The van der Waals surface area contributed by atoms with Gasteiger partial charge in [0, 0.05) is 23.8 Å². The van der Waals surface area contributed by atoms with E-state index in [1.165, 1.54) is 5.56 Å². The minimum Gasteiger partial charge on any atom is -0.357 e. The number of nitrogens with zero attached hydrogens (tertiary/aromatic N) is 1. The number of nitrogens with one attached hydrogen (secondary N) is 1. The summed E-state index contributed by atoms with van der Waals surface area (Å²) in [5, 5.41) is 2.63. The maximum Gasteiger partial charge on any atom is 0.242 e. The first-order valence-electron chi connectivity index (χ1n) is 8.38. The van der Waals surface area contributed by atoms with E-state index in [9.17, 15) is 9.59 Å². The number of amides is 2. The van der Waals surface area contributed by atoms with Gasteiger partial charge in [0.1, 0.15) is 6.04 Å². The lowest BCUT2D eigenvalue weighted by Gasteiger charge is -2.28. The van der Waals surface area contributed by atoms with E-state index in [-0.39, 0.29) is 11.8 Å². The van der Waals surface area contributed by atoms with Crippen molar-refractivity contribution in [2.45, 2.75) is 25.3 Å². The SMILES string of the molecule is CNC(=O)[C@H](C)N(Cc1ccc(Br)cc1)C(=O)CSCc1ccccc1. The van der Waals surface area contributed by atoms with E-state index in [4.69, 9.17) is 0 Å². The molecule has 0 aliphatic rings. The molecule has 0 radical (unpaired) electrons. The number of thioether (sulfide) groups is 1. The third-order valence-corrected chi connectivity index (χ3v) is 5.53. The fourth-order valence-corrected chi connectivity index (χ4v) is 3.63. The molecule has 0 saturated heterocycles. The predicted octanol–water partition coefficient (Wildman–Crippen LogP) is 3.85. The minimum atomic E-state index is -0.520. The van der Waals surface area contributed by atoms with Gasteiger partial charge in [0.25, 0.3) is 0 Å². The van der Waals surface area contributed by atoms with Crippen LogP contribution in [0.25, 0.3) is 0 Å². The topological polar surface area (TPSA) is 49.4 Å². The van der Waals surface area contributed by atoms with Gasteiger partial charge < -0.3 is 10.2 Å². The molecule has 0 fully saturated rings. The van der Waals surface area contributed by atoms with Gasteiger partial charge in [-0.2, -0.15) is 0 Å². The second kappa shape index (κ2) is 10.4. The van der Waals surface area contributed by atoms with Gasteiger partial charge in [-0.3, -0.25) is 9.59 Å². The maximum atomic E-state index is 12.8. The van der Waals surface area contributed by atoms with Gasteiger partial charge in [-0.15, -0.1) is 11.8 Å². The normalized spacial score (nSPS) is 11.7. The fourth-order valence-electron chi connectivity index (χ4n) is 2.49. The molecule has 0 unspecified atom stereocenters. The zero-order chi connectivity index (χ0) is 18.9. The second-order valence-electron chi connectivity index (χ2n) is 5.92. The van der Waals surface area contributed by atoms with Crippen LogP contribution in [0.15, 0.2) is 59.1 Å². The number of halogens is 1. The highest BCUT2D eigenvalue weighted by molar-refractivity contribution is 9.10. The van der Waals surface area contributed by atoms with Crippen LogP contribution in [0.5, 0.6) is 0 Å². The zero-order valence-corrected chi connectivity index (χ0v) is 17.3. The van der Waals surface area contributed by atoms with Gasteiger partial charge in [-0.25, -0.2) is 0 Å². The van der Waals surface area contributed by atoms with Gasteiger partial charge in [-0.1, -0.05) is 58.4 Å². The van der Waals surface area contributed by atoms with Crippen molar-refractivity contribution in [2.75, 3.05) is 12.8 Å². The highest BCUT2D eigenvalue weighted by atomic mass is 79.9. The van der Waals surface area contributed by atoms with Crippen molar-refractivity contribution in [2.24, 2.45) is 0 Å². The highest BCUT2D eigenvalue weighted by Gasteiger charge is 2.25. The van der Waals surface area contributed by atoms with Crippen LogP contribution in [0, 0.1) is 0 Å². The van der Waals surface area contributed by atoms with Gasteiger partial charge in [0.05, 0.1) is 5.75 Å². The summed E-state index contributed by atoms with van der Waals surface area (Å²) >= 11 is 4.97. The van der Waals surface area contributed by atoms with Crippen molar-refractivity contribution in [1.29, 1.82) is 0 Å². The molecule has 1 atom stereocenters. The van der Waals surface area contributed by atoms with E-state index in [0.29, 0.717) is 12.3 Å². The Labute approximate surface area is 167 Å². The van der Waals surface area contributed by atoms with Gasteiger partial charge >= 0.3 is 0 Å². The lowest BCUT2D eigenvalue weighted by atomic mass is 10.1. The second-order valence-corrected chi connectivity index (χ2v) is 7.82. The number of carbonyl (C=O) groups excluding carboxylic acids is 2. The predicted molar refractivity (Wildman–Crippen MR) is 111 cm³/mol. The molecule has 2 amide bonds. The summed E-state index contributed by atoms with van der Waals surface area (Å²) in [7, 11) is 1.59. The molecular weight excluding hydrogens is 412 g/mol. The Morgan fingerprint density at radius 1 is 1.08 bits per heavy atom. The van der Waals surface area contributed by atoms with Gasteiger partial charge in [-0.05, 0) is 30.2 Å². The van der Waals surface area contributed by atoms with E-state index < -0.39 is 6.04 Å². The Kier molecular flexibility index (Phi) is 8.19. The number of benzene rings is 2. The van der Waals surface area contributed by atoms with E-state index in [0.717, 1.165) is 15.8 Å². The van der Waals surface area contributed by atoms with Crippen LogP contribution < -0.4 is 5.32 Å². The Bertz CT molecular complexity index is 722. The van der Waals surface area contributed by atoms with Crippen molar-refractivity contribution in [1.82, 2.24) is 10.2 Å². The smallest absolute Gasteiger partial charge is 0.242 e. The zero-order valence-electron chi connectivity index (χ0n) is 14.9. The summed E-state index contributed by atoms with van der Waals surface area (Å²) in [6.07, 6.45) is 0. The number of hydrogen-bond acceptors (Lipinski definition) is 3. The summed E-state index contributed by atoms with van der Waals surface area (Å²) in [6, 6.07) is 17.3. The molecule has 0 aromatic heterocycles. The third kappa shape index (κ3) is 6.18. The quantitative estimate of drug-likeness (QED) is 0.686. The molecule has 0 heterocycles. The van der Waals surface area contributed by atoms with Crippen LogP contribution in [0.1, 0.15) is 18.1 Å². The third-order valence-electron chi connectivity index (χ3n) is 4.02. The molecule has 138 valence electrons. The molecule has 6 heteroatoms. The molecule has 0 aliphatic carbocycles. The van der Waals surface area contributed by atoms with Crippen molar-refractivity contribution in [3.05, 3.63) is 70.2 Å². The van der Waals surface area contributed by atoms with Crippen LogP contribution in [-0.2, 0) is 21.9 Å². The van der Waals surface area contributed by atoms with E-state index >= 15 is 0 Å². The molecule has 2 aromatic rings. The van der Waals surface area contributed by atoms with Crippen LogP contribution in [0.3, 0.4) is 0 Å². The van der Waals surface area contributed by atoms with Gasteiger partial charge in [0.2, 0.25) is 11.8 Å². The van der Waals surface area contributed by atoms with Crippen LogP contribution >= 0.6 is 27.7 Å². The summed E-state index contributed by atoms with van der Waals surface area (Å²) in [5.74, 6) is 0.910. The first kappa shape index (κ1) is 20.5. The number of carbonyl (C=O) groups is 2. The Morgan fingerprint density at radius 3 is 2.35 bits per heavy atom. The number of rotatable bonds is 8. The Balaban J connectivity index is 2.02. The molecule has 2 rings (SSSR count). The molecule has 1 N–H and O–H groups in total. The fraction of sp³-hybridized carbons (Fsp3) is 0.300. The number of hydrogen-bond donors (Lipinski definition) is 1. The lowest BCUT2D eigenvalue weighted by Crippen LogP contribution is -2.47. The molecule has 4 nitrogen and oxygen atoms in total.